The highest BCUT2D eigenvalue weighted by atomic mass is 32.2. The van der Waals surface area contributed by atoms with Crippen molar-refractivity contribution in [1.29, 1.82) is 0 Å². The van der Waals surface area contributed by atoms with Crippen LogP contribution in [0, 0.1) is 13.8 Å². The molecule has 0 aliphatic carbocycles. The van der Waals surface area contributed by atoms with Crippen molar-refractivity contribution in [2.45, 2.75) is 36.8 Å². The van der Waals surface area contributed by atoms with Gasteiger partial charge in [-0.3, -0.25) is 4.79 Å². The summed E-state index contributed by atoms with van der Waals surface area (Å²) >= 11 is 1.41. The molecule has 2 N–H and O–H groups in total. The van der Waals surface area contributed by atoms with Crippen molar-refractivity contribution in [2.75, 3.05) is 5.43 Å². The standard InChI is InChI=1S/C18H19N5O2S/c1-11-5-7-13(8-6-11)15-16(17(24)19-10-14-4-3-9-25-14)26-18-21-20-12(2)23(18)22-15/h3-9,15-16,22H,10H2,1-2H3,(H,19,24)/t15-,16-/m0/s1. The van der Waals surface area contributed by atoms with Gasteiger partial charge in [-0.2, -0.15) is 0 Å². The number of aryl methyl sites for hydroxylation is 2. The summed E-state index contributed by atoms with van der Waals surface area (Å²) in [5, 5.41) is 11.5. The van der Waals surface area contributed by atoms with Crippen LogP contribution in [0.1, 0.15) is 28.8 Å². The lowest BCUT2D eigenvalue weighted by molar-refractivity contribution is -0.121. The Morgan fingerprint density at radius 3 is 2.81 bits per heavy atom. The van der Waals surface area contributed by atoms with E-state index in [9.17, 15) is 4.79 Å². The second kappa shape index (κ2) is 6.87. The second-order valence-corrected chi connectivity index (χ2v) is 7.33. The molecule has 1 aliphatic heterocycles. The third-order valence-electron chi connectivity index (χ3n) is 4.31. The monoisotopic (exact) mass is 369 g/mol. The summed E-state index contributed by atoms with van der Waals surface area (Å²) in [5.74, 6) is 1.41. The van der Waals surface area contributed by atoms with E-state index in [1.54, 1.807) is 12.3 Å². The van der Waals surface area contributed by atoms with Crippen molar-refractivity contribution in [1.82, 2.24) is 20.2 Å². The van der Waals surface area contributed by atoms with Gasteiger partial charge in [0.25, 0.3) is 0 Å². The number of carbonyl (C=O) groups is 1. The molecule has 26 heavy (non-hydrogen) atoms. The van der Waals surface area contributed by atoms with Crippen LogP contribution in [0.2, 0.25) is 0 Å². The number of thioether (sulfide) groups is 1. The highest BCUT2D eigenvalue weighted by Gasteiger charge is 2.37. The number of fused-ring (bicyclic) bond motifs is 1. The number of nitrogens with zero attached hydrogens (tertiary/aromatic N) is 3. The lowest BCUT2D eigenvalue weighted by Gasteiger charge is -2.32. The molecule has 0 saturated carbocycles. The van der Waals surface area contributed by atoms with Gasteiger partial charge in [-0.1, -0.05) is 41.6 Å². The van der Waals surface area contributed by atoms with Gasteiger partial charge in [0, 0.05) is 0 Å². The Hall–Kier alpha value is -2.74. The lowest BCUT2D eigenvalue weighted by Crippen LogP contribution is -2.43. The largest absolute Gasteiger partial charge is 0.467 e. The van der Waals surface area contributed by atoms with Crippen molar-refractivity contribution < 1.29 is 9.21 Å². The van der Waals surface area contributed by atoms with Gasteiger partial charge in [-0.05, 0) is 31.5 Å². The van der Waals surface area contributed by atoms with E-state index in [0.717, 1.165) is 17.1 Å². The minimum Gasteiger partial charge on any atom is -0.467 e. The first kappa shape index (κ1) is 16.7. The van der Waals surface area contributed by atoms with Crippen LogP contribution in [-0.2, 0) is 11.3 Å². The number of rotatable bonds is 4. The quantitative estimate of drug-likeness (QED) is 0.735. The van der Waals surface area contributed by atoms with Gasteiger partial charge < -0.3 is 15.2 Å². The minimum absolute atomic E-state index is 0.0728. The third kappa shape index (κ3) is 3.20. The number of benzene rings is 1. The molecule has 4 rings (SSSR count). The lowest BCUT2D eigenvalue weighted by atomic mass is 10.0. The predicted molar refractivity (Wildman–Crippen MR) is 98.2 cm³/mol. The molecule has 0 fully saturated rings. The predicted octanol–water partition coefficient (Wildman–Crippen LogP) is 2.56. The van der Waals surface area contributed by atoms with Gasteiger partial charge in [0.2, 0.25) is 11.1 Å². The first-order chi connectivity index (χ1) is 12.6. The maximum Gasteiger partial charge on any atom is 0.236 e. The molecule has 8 heteroatoms. The van der Waals surface area contributed by atoms with Crippen molar-refractivity contribution in [3.8, 4) is 0 Å². The number of amides is 1. The fourth-order valence-corrected chi connectivity index (χ4v) is 4.02. The normalized spacial score (nSPS) is 18.8. The summed E-state index contributed by atoms with van der Waals surface area (Å²) in [5.41, 5.74) is 5.61. The molecule has 2 atom stereocenters. The molecule has 0 saturated heterocycles. The summed E-state index contributed by atoms with van der Waals surface area (Å²) in [4.78, 5) is 12.9. The zero-order valence-corrected chi connectivity index (χ0v) is 15.3. The van der Waals surface area contributed by atoms with Gasteiger partial charge in [0.15, 0.2) is 0 Å². The van der Waals surface area contributed by atoms with Crippen LogP contribution in [-0.4, -0.2) is 26.0 Å². The molecular formula is C18H19N5O2S. The Morgan fingerprint density at radius 1 is 1.27 bits per heavy atom. The Labute approximate surface area is 155 Å². The van der Waals surface area contributed by atoms with Crippen molar-refractivity contribution in [3.05, 3.63) is 65.4 Å². The third-order valence-corrected chi connectivity index (χ3v) is 5.53. The SMILES string of the molecule is Cc1ccc([C@@H]2Nn3c(C)nnc3S[C@@H]2C(=O)NCc2ccco2)cc1. The molecule has 0 radical (unpaired) electrons. The minimum atomic E-state index is -0.372. The van der Waals surface area contributed by atoms with Crippen LogP contribution in [0.4, 0.5) is 0 Å². The number of aromatic nitrogens is 3. The molecular weight excluding hydrogens is 350 g/mol. The molecule has 0 spiro atoms. The van der Waals surface area contributed by atoms with Gasteiger partial charge in [0.1, 0.15) is 16.8 Å². The summed E-state index contributed by atoms with van der Waals surface area (Å²) < 4.78 is 7.13. The Balaban J connectivity index is 1.60. The van der Waals surface area contributed by atoms with Gasteiger partial charge in [-0.15, -0.1) is 10.2 Å². The van der Waals surface area contributed by atoms with Crippen LogP contribution in [0.15, 0.2) is 52.2 Å². The van der Waals surface area contributed by atoms with Gasteiger partial charge in [-0.25, -0.2) is 4.68 Å². The molecule has 1 aliphatic rings. The number of carbonyl (C=O) groups excluding carboxylic acids is 1. The zero-order valence-electron chi connectivity index (χ0n) is 14.5. The number of nitrogens with one attached hydrogen (secondary N) is 2. The molecule has 2 aromatic heterocycles. The average molecular weight is 369 g/mol. The maximum absolute atomic E-state index is 12.9. The number of hydrogen-bond donors (Lipinski definition) is 2. The fourth-order valence-electron chi connectivity index (χ4n) is 2.87. The molecule has 1 amide bonds. The van der Waals surface area contributed by atoms with E-state index in [2.05, 4.69) is 20.9 Å². The van der Waals surface area contributed by atoms with Gasteiger partial charge in [0.05, 0.1) is 18.8 Å². The van der Waals surface area contributed by atoms with E-state index in [0.29, 0.717) is 11.7 Å². The average Bonchev–Trinajstić information content (AvgIpc) is 3.29. The Morgan fingerprint density at radius 2 is 2.08 bits per heavy atom. The molecule has 7 nitrogen and oxygen atoms in total. The smallest absolute Gasteiger partial charge is 0.236 e. The fraction of sp³-hybridized carbons (Fsp3) is 0.278. The van der Waals surface area contributed by atoms with E-state index in [1.807, 2.05) is 48.9 Å². The van der Waals surface area contributed by atoms with E-state index in [1.165, 1.54) is 17.3 Å². The van der Waals surface area contributed by atoms with Crippen LogP contribution in [0.25, 0.3) is 0 Å². The topological polar surface area (TPSA) is 85.0 Å². The zero-order chi connectivity index (χ0) is 18.1. The first-order valence-electron chi connectivity index (χ1n) is 8.33. The van der Waals surface area contributed by atoms with Crippen LogP contribution in [0.3, 0.4) is 0 Å². The van der Waals surface area contributed by atoms with E-state index in [4.69, 9.17) is 4.42 Å². The van der Waals surface area contributed by atoms with Gasteiger partial charge >= 0.3 is 0 Å². The van der Waals surface area contributed by atoms with Crippen LogP contribution in [0.5, 0.6) is 0 Å². The van der Waals surface area contributed by atoms with E-state index >= 15 is 0 Å². The molecule has 0 bridgehead atoms. The van der Waals surface area contributed by atoms with Crippen molar-refractivity contribution in [2.24, 2.45) is 0 Å². The molecule has 134 valence electrons. The molecule has 0 unspecified atom stereocenters. The summed E-state index contributed by atoms with van der Waals surface area (Å²) in [6, 6.07) is 11.6. The highest BCUT2D eigenvalue weighted by molar-refractivity contribution is 8.00. The van der Waals surface area contributed by atoms with Crippen LogP contribution < -0.4 is 10.7 Å². The highest BCUT2D eigenvalue weighted by Crippen LogP contribution is 2.37. The Kier molecular flexibility index (Phi) is 4.42. The molecule has 3 aromatic rings. The second-order valence-electron chi connectivity index (χ2n) is 6.22. The van der Waals surface area contributed by atoms with E-state index in [-0.39, 0.29) is 17.2 Å². The number of hydrogen-bond acceptors (Lipinski definition) is 6. The Bertz CT molecular complexity index is 904. The molecule has 3 heterocycles. The molecule has 1 aromatic carbocycles. The first-order valence-corrected chi connectivity index (χ1v) is 9.21. The van der Waals surface area contributed by atoms with Crippen molar-refractivity contribution in [3.63, 3.8) is 0 Å². The number of furan rings is 1. The summed E-state index contributed by atoms with van der Waals surface area (Å²) in [6.45, 7) is 4.28. The maximum atomic E-state index is 12.9. The summed E-state index contributed by atoms with van der Waals surface area (Å²) in [7, 11) is 0. The van der Waals surface area contributed by atoms with Crippen molar-refractivity contribution >= 4 is 17.7 Å². The van der Waals surface area contributed by atoms with Crippen LogP contribution >= 0.6 is 11.8 Å². The summed E-state index contributed by atoms with van der Waals surface area (Å²) in [6.07, 6.45) is 1.60. The van der Waals surface area contributed by atoms with E-state index < -0.39 is 0 Å².